The van der Waals surface area contributed by atoms with Gasteiger partial charge >= 0.3 is 0 Å². The summed E-state index contributed by atoms with van der Waals surface area (Å²) >= 11 is 0. The van der Waals surface area contributed by atoms with Gasteiger partial charge in [-0.05, 0) is 43.0 Å². The van der Waals surface area contributed by atoms with Gasteiger partial charge in [0.2, 0.25) is 0 Å². The number of hydrogen-bond donors (Lipinski definition) is 1. The molecule has 1 saturated carbocycles. The molecule has 1 N–H and O–H groups in total. The topological polar surface area (TPSA) is 73.2 Å². The van der Waals surface area contributed by atoms with E-state index in [2.05, 4.69) is 5.10 Å². The molecule has 118 valence electrons. The van der Waals surface area contributed by atoms with E-state index in [4.69, 9.17) is 0 Å². The summed E-state index contributed by atoms with van der Waals surface area (Å²) in [4.78, 5) is 26.5. The molecule has 0 aromatic heterocycles. The van der Waals surface area contributed by atoms with Crippen LogP contribution in [0.3, 0.4) is 0 Å². The molecule has 1 fully saturated rings. The minimum Gasteiger partial charge on any atom is -0.369 e. The smallest absolute Gasteiger partial charge is 0.261 e. The maximum absolute atomic E-state index is 12.6. The molecule has 2 atom stereocenters. The zero-order valence-corrected chi connectivity index (χ0v) is 12.8. The van der Waals surface area contributed by atoms with Gasteiger partial charge in [0.15, 0.2) is 6.23 Å². The lowest BCUT2D eigenvalue weighted by Gasteiger charge is -2.35. The zero-order valence-electron chi connectivity index (χ0n) is 12.8. The second-order valence-electron chi connectivity index (χ2n) is 6.15. The highest BCUT2D eigenvalue weighted by molar-refractivity contribution is 6.21. The molecule has 1 aromatic rings. The maximum atomic E-state index is 12.6. The highest BCUT2D eigenvalue weighted by atomic mass is 16.3. The number of imide groups is 1. The Balaban J connectivity index is 1.62. The van der Waals surface area contributed by atoms with Crippen molar-refractivity contribution >= 4 is 17.5 Å². The Morgan fingerprint density at radius 1 is 1.17 bits per heavy atom. The first-order valence-corrected chi connectivity index (χ1v) is 7.72. The van der Waals surface area contributed by atoms with Crippen molar-refractivity contribution in [1.29, 1.82) is 0 Å². The molecule has 1 aromatic carbocycles. The van der Waals surface area contributed by atoms with Crippen LogP contribution in [0.2, 0.25) is 0 Å². The van der Waals surface area contributed by atoms with E-state index in [9.17, 15) is 14.7 Å². The lowest BCUT2D eigenvalue weighted by Crippen LogP contribution is -2.44. The van der Waals surface area contributed by atoms with E-state index >= 15 is 0 Å². The van der Waals surface area contributed by atoms with E-state index in [0.29, 0.717) is 30.4 Å². The summed E-state index contributed by atoms with van der Waals surface area (Å²) in [7, 11) is 1.72. The van der Waals surface area contributed by atoms with Crippen molar-refractivity contribution in [2.45, 2.75) is 31.5 Å². The van der Waals surface area contributed by atoms with Crippen molar-refractivity contribution < 1.29 is 14.7 Å². The van der Waals surface area contributed by atoms with E-state index in [1.165, 1.54) is 9.91 Å². The van der Waals surface area contributed by atoms with E-state index in [-0.39, 0.29) is 17.9 Å². The first-order valence-electron chi connectivity index (χ1n) is 7.72. The Labute approximate surface area is 133 Å². The fraction of sp³-hybridized carbons (Fsp3) is 0.353. The summed E-state index contributed by atoms with van der Waals surface area (Å²) < 4.78 is 0. The third-order valence-electron chi connectivity index (χ3n) is 4.74. The van der Waals surface area contributed by atoms with Gasteiger partial charge in [0.1, 0.15) is 0 Å². The van der Waals surface area contributed by atoms with E-state index < -0.39 is 6.23 Å². The summed E-state index contributed by atoms with van der Waals surface area (Å²) in [5, 5.41) is 15.8. The number of rotatable bonds is 1. The number of fused-ring (bicyclic) bond motifs is 2. The first kappa shape index (κ1) is 14.1. The van der Waals surface area contributed by atoms with Gasteiger partial charge in [0.05, 0.1) is 16.8 Å². The number of likely N-dealkylation sites (N-methyl/N-ethyl adjacent to an activating group) is 1. The van der Waals surface area contributed by atoms with Gasteiger partial charge in [-0.25, -0.2) is 0 Å². The van der Waals surface area contributed by atoms with Crippen LogP contribution in [-0.2, 0) is 0 Å². The molecule has 0 saturated heterocycles. The fourth-order valence-corrected chi connectivity index (χ4v) is 3.51. The number of aliphatic hydroxyl groups is 1. The van der Waals surface area contributed by atoms with Gasteiger partial charge in [0, 0.05) is 13.1 Å². The van der Waals surface area contributed by atoms with Crippen LogP contribution in [0.25, 0.3) is 0 Å². The van der Waals surface area contributed by atoms with Crippen molar-refractivity contribution in [2.24, 2.45) is 5.10 Å². The largest absolute Gasteiger partial charge is 0.369 e. The number of aliphatic hydroxyl groups excluding tert-OH is 1. The zero-order chi connectivity index (χ0) is 16.1. The van der Waals surface area contributed by atoms with Crippen LogP contribution < -0.4 is 0 Å². The van der Waals surface area contributed by atoms with E-state index in [0.717, 1.165) is 11.3 Å². The molecule has 6 nitrogen and oxygen atoms in total. The van der Waals surface area contributed by atoms with Gasteiger partial charge in [-0.2, -0.15) is 5.10 Å². The third kappa shape index (κ3) is 2.09. The van der Waals surface area contributed by atoms with Crippen LogP contribution in [0.4, 0.5) is 0 Å². The van der Waals surface area contributed by atoms with Gasteiger partial charge in [-0.3, -0.25) is 19.5 Å². The second kappa shape index (κ2) is 5.03. The van der Waals surface area contributed by atoms with Crippen LogP contribution in [-0.4, -0.2) is 51.9 Å². The maximum Gasteiger partial charge on any atom is 0.261 e. The van der Waals surface area contributed by atoms with Gasteiger partial charge in [-0.1, -0.05) is 12.1 Å². The molecular weight excluding hydrogens is 294 g/mol. The summed E-state index contributed by atoms with van der Waals surface area (Å²) in [5.74, 6) is -0.435. The standard InChI is InChI=1S/C17H17N3O3/c1-19-15(21)9-10-8-11(6-7-14(10)18-19)20-16(22)12-4-2-3-5-13(12)17(20)23/h2-5,9,11,15,21H,6-8H2,1H3. The lowest BCUT2D eigenvalue weighted by molar-refractivity contribution is 0.0550. The Morgan fingerprint density at radius 3 is 2.48 bits per heavy atom. The molecule has 0 radical (unpaired) electrons. The molecule has 4 rings (SSSR count). The third-order valence-corrected chi connectivity index (χ3v) is 4.74. The van der Waals surface area contributed by atoms with E-state index in [1.54, 1.807) is 37.4 Å². The highest BCUT2D eigenvalue weighted by Crippen LogP contribution is 2.33. The SMILES string of the molecule is CN1N=C2CCC(N3C(=O)c4ccccc4C3=O)CC2=CC1O. The molecule has 2 unspecified atom stereocenters. The number of carbonyl (C=O) groups is 2. The molecule has 6 heteroatoms. The monoisotopic (exact) mass is 311 g/mol. The highest BCUT2D eigenvalue weighted by Gasteiger charge is 2.41. The average Bonchev–Trinajstić information content (AvgIpc) is 2.80. The van der Waals surface area contributed by atoms with E-state index in [1.807, 2.05) is 0 Å². The van der Waals surface area contributed by atoms with Crippen LogP contribution in [0.1, 0.15) is 40.0 Å². The molecule has 0 spiro atoms. The molecular formula is C17H17N3O3. The second-order valence-corrected chi connectivity index (χ2v) is 6.15. The Kier molecular flexibility index (Phi) is 3.09. The molecule has 0 bridgehead atoms. The lowest BCUT2D eigenvalue weighted by atomic mass is 9.87. The molecule has 2 heterocycles. The predicted molar refractivity (Wildman–Crippen MR) is 83.9 cm³/mol. The molecule has 2 amide bonds. The molecule has 1 aliphatic carbocycles. The average molecular weight is 311 g/mol. The number of nitrogens with zero attached hydrogens (tertiary/aromatic N) is 3. The molecule has 3 aliphatic rings. The van der Waals surface area contributed by atoms with Crippen LogP contribution in [0.15, 0.2) is 41.0 Å². The van der Waals surface area contributed by atoms with Crippen molar-refractivity contribution in [3.8, 4) is 0 Å². The normalized spacial score (nSPS) is 26.7. The van der Waals surface area contributed by atoms with Crippen LogP contribution >= 0.6 is 0 Å². The minimum absolute atomic E-state index is 0.178. The summed E-state index contributed by atoms with van der Waals surface area (Å²) in [5.41, 5.74) is 2.83. The van der Waals surface area contributed by atoms with Crippen molar-refractivity contribution in [2.75, 3.05) is 7.05 Å². The number of benzene rings is 1. The van der Waals surface area contributed by atoms with Gasteiger partial charge < -0.3 is 5.11 Å². The number of hydrazone groups is 1. The fourth-order valence-electron chi connectivity index (χ4n) is 3.51. The van der Waals surface area contributed by atoms with Crippen LogP contribution in [0.5, 0.6) is 0 Å². The van der Waals surface area contributed by atoms with Crippen molar-refractivity contribution in [3.63, 3.8) is 0 Å². The summed E-state index contributed by atoms with van der Waals surface area (Å²) in [6.45, 7) is 0. The molecule has 23 heavy (non-hydrogen) atoms. The predicted octanol–water partition coefficient (Wildman–Crippen LogP) is 1.38. The number of carbonyl (C=O) groups excluding carboxylic acids is 2. The number of amides is 2. The first-order chi connectivity index (χ1) is 11.1. The quantitative estimate of drug-likeness (QED) is 0.795. The Bertz CT molecular complexity index is 733. The van der Waals surface area contributed by atoms with Crippen molar-refractivity contribution in [3.05, 3.63) is 47.0 Å². The van der Waals surface area contributed by atoms with Gasteiger partial charge in [-0.15, -0.1) is 0 Å². The molecule has 2 aliphatic heterocycles. The van der Waals surface area contributed by atoms with Crippen molar-refractivity contribution in [1.82, 2.24) is 9.91 Å². The Hall–Kier alpha value is -2.47. The summed E-state index contributed by atoms with van der Waals surface area (Å²) in [6, 6.07) is 6.76. The van der Waals surface area contributed by atoms with Crippen LogP contribution in [0, 0.1) is 0 Å². The minimum atomic E-state index is -0.755. The summed E-state index contributed by atoms with van der Waals surface area (Å²) in [6.07, 6.45) is 2.95. The Morgan fingerprint density at radius 2 is 1.83 bits per heavy atom. The van der Waals surface area contributed by atoms with Gasteiger partial charge in [0.25, 0.3) is 11.8 Å². The number of hydrogen-bond acceptors (Lipinski definition) is 5.